The van der Waals surface area contributed by atoms with Gasteiger partial charge in [0.15, 0.2) is 5.82 Å². The van der Waals surface area contributed by atoms with Gasteiger partial charge in [-0.1, -0.05) is 0 Å². The van der Waals surface area contributed by atoms with Gasteiger partial charge in [0.25, 0.3) is 0 Å². The number of hydrogen-bond donors (Lipinski definition) is 2. The molecule has 0 atom stereocenters. The number of nitrogens with zero attached hydrogens (tertiary/aromatic N) is 3. The number of piperidine rings is 1. The molecule has 0 amide bonds. The monoisotopic (exact) mass is 234 g/mol. The summed E-state index contributed by atoms with van der Waals surface area (Å²) in [6.45, 7) is 1.82. The van der Waals surface area contributed by atoms with Crippen molar-refractivity contribution >= 4 is 0 Å². The van der Waals surface area contributed by atoms with Crippen molar-refractivity contribution in [3.63, 3.8) is 0 Å². The second-order valence-corrected chi connectivity index (χ2v) is 4.31. The third-order valence-electron chi connectivity index (χ3n) is 3.27. The maximum Gasteiger partial charge on any atom is 0.350 e. The van der Waals surface area contributed by atoms with E-state index in [2.05, 4.69) is 10.3 Å². The highest BCUT2D eigenvalue weighted by Gasteiger charge is 2.24. The molecule has 0 bridgehead atoms. The van der Waals surface area contributed by atoms with Gasteiger partial charge in [0, 0.05) is 12.2 Å². The molecule has 6 nitrogen and oxygen atoms in total. The van der Waals surface area contributed by atoms with Crippen molar-refractivity contribution < 1.29 is 5.21 Å². The van der Waals surface area contributed by atoms with Crippen molar-refractivity contribution in [1.29, 1.82) is 0 Å². The summed E-state index contributed by atoms with van der Waals surface area (Å²) in [4.78, 5) is 15.8. The van der Waals surface area contributed by atoms with E-state index in [-0.39, 0.29) is 11.7 Å². The maximum atomic E-state index is 11.9. The molecule has 0 unspecified atom stereocenters. The van der Waals surface area contributed by atoms with Crippen LogP contribution in [0.3, 0.4) is 0 Å². The minimum absolute atomic E-state index is 0.177. The number of pyridine rings is 1. The first-order valence-corrected chi connectivity index (χ1v) is 5.77. The number of imidazole rings is 1. The molecule has 1 fully saturated rings. The fourth-order valence-electron chi connectivity index (χ4n) is 2.44. The molecular weight excluding hydrogens is 220 g/mol. The molecule has 3 heterocycles. The van der Waals surface area contributed by atoms with Crippen molar-refractivity contribution in [3.8, 4) is 11.5 Å². The lowest BCUT2D eigenvalue weighted by Crippen LogP contribution is -2.33. The van der Waals surface area contributed by atoms with Gasteiger partial charge in [0.1, 0.15) is 0 Å². The number of fused-ring (bicyclic) bond motifs is 1. The molecule has 0 aromatic heterocycles. The van der Waals surface area contributed by atoms with Crippen molar-refractivity contribution in [3.05, 3.63) is 28.8 Å². The lowest BCUT2D eigenvalue weighted by Gasteiger charge is -2.24. The molecule has 17 heavy (non-hydrogen) atoms. The lowest BCUT2D eigenvalue weighted by atomic mass is 10.1. The number of aromatic nitrogens is 3. The highest BCUT2D eigenvalue weighted by atomic mass is 16.5. The Morgan fingerprint density at radius 3 is 2.94 bits per heavy atom. The van der Waals surface area contributed by atoms with Crippen molar-refractivity contribution in [1.82, 2.24) is 19.6 Å². The fourth-order valence-corrected chi connectivity index (χ4v) is 2.44. The molecule has 3 aliphatic rings. The minimum atomic E-state index is -0.277. The van der Waals surface area contributed by atoms with E-state index < -0.39 is 0 Å². The van der Waals surface area contributed by atoms with Crippen LogP contribution in [0.4, 0.5) is 0 Å². The highest BCUT2D eigenvalue weighted by molar-refractivity contribution is 5.51. The lowest BCUT2D eigenvalue weighted by molar-refractivity contribution is 0.186. The van der Waals surface area contributed by atoms with Gasteiger partial charge >= 0.3 is 5.69 Å². The second-order valence-electron chi connectivity index (χ2n) is 4.31. The molecular formula is C11H14N4O2. The van der Waals surface area contributed by atoms with Crippen LogP contribution in [0.5, 0.6) is 0 Å². The van der Waals surface area contributed by atoms with E-state index in [0.29, 0.717) is 11.5 Å². The highest BCUT2D eigenvalue weighted by Crippen LogP contribution is 2.24. The number of nitrogens with one attached hydrogen (secondary N) is 1. The minimum Gasteiger partial charge on any atom is -0.427 e. The van der Waals surface area contributed by atoms with Crippen LogP contribution in [0, 0.1) is 0 Å². The average molecular weight is 234 g/mol. The second kappa shape index (κ2) is 3.89. The Morgan fingerprint density at radius 1 is 1.41 bits per heavy atom. The molecule has 0 aromatic rings. The molecule has 90 valence electrons. The molecule has 2 N–H and O–H groups in total. The molecule has 3 rings (SSSR count). The van der Waals surface area contributed by atoms with E-state index in [1.807, 2.05) is 6.07 Å². The Hall–Kier alpha value is -1.82. The number of rotatable bonds is 1. The van der Waals surface area contributed by atoms with E-state index in [9.17, 15) is 10.0 Å². The van der Waals surface area contributed by atoms with Crippen LogP contribution in [0.1, 0.15) is 18.9 Å². The summed E-state index contributed by atoms with van der Waals surface area (Å²) < 4.78 is 2.59. The van der Waals surface area contributed by atoms with E-state index in [4.69, 9.17) is 0 Å². The fraction of sp³-hybridized carbons (Fsp3) is 0.455. The molecule has 6 heteroatoms. The summed E-state index contributed by atoms with van der Waals surface area (Å²) in [5.41, 5.74) is 0.424. The Labute approximate surface area is 97.8 Å². The van der Waals surface area contributed by atoms with E-state index in [1.54, 1.807) is 10.6 Å². The van der Waals surface area contributed by atoms with E-state index in [0.717, 1.165) is 30.7 Å². The Bertz CT molecular complexity index is 553. The first kappa shape index (κ1) is 10.3. The summed E-state index contributed by atoms with van der Waals surface area (Å²) in [5, 5.41) is 12.9. The molecule has 0 aromatic carbocycles. The SMILES string of the molecule is O=c1nc2n(O)cccc-2n1C1CCNCC1. The van der Waals surface area contributed by atoms with Crippen LogP contribution in [0.2, 0.25) is 0 Å². The zero-order valence-electron chi connectivity index (χ0n) is 9.33. The molecule has 3 aliphatic heterocycles. The van der Waals surface area contributed by atoms with E-state index >= 15 is 0 Å². The molecule has 0 radical (unpaired) electrons. The van der Waals surface area contributed by atoms with Crippen molar-refractivity contribution in [2.24, 2.45) is 0 Å². The molecule has 0 saturated carbocycles. The quantitative estimate of drug-likeness (QED) is 0.697. The third kappa shape index (κ3) is 1.61. The summed E-state index contributed by atoms with van der Waals surface area (Å²) in [7, 11) is 0. The van der Waals surface area contributed by atoms with Gasteiger partial charge in [-0.05, 0) is 38.1 Å². The molecule has 0 aliphatic carbocycles. The predicted octanol–water partition coefficient (Wildman–Crippen LogP) is 0.311. The largest absolute Gasteiger partial charge is 0.427 e. The van der Waals surface area contributed by atoms with Crippen LogP contribution in [0.15, 0.2) is 23.1 Å². The predicted molar refractivity (Wildman–Crippen MR) is 61.4 cm³/mol. The Balaban J connectivity index is 2.12. The summed E-state index contributed by atoms with van der Waals surface area (Å²) in [6, 6.07) is 3.70. The molecule has 1 saturated heterocycles. The van der Waals surface area contributed by atoms with Crippen LogP contribution in [0.25, 0.3) is 11.5 Å². The summed E-state index contributed by atoms with van der Waals surface area (Å²) >= 11 is 0. The van der Waals surface area contributed by atoms with Crippen LogP contribution < -0.4 is 11.0 Å². The first-order chi connectivity index (χ1) is 8.27. The summed E-state index contributed by atoms with van der Waals surface area (Å²) in [6.07, 6.45) is 3.31. The maximum absolute atomic E-state index is 11.9. The van der Waals surface area contributed by atoms with Crippen molar-refractivity contribution in [2.75, 3.05) is 13.1 Å². The smallest absolute Gasteiger partial charge is 0.350 e. The summed E-state index contributed by atoms with van der Waals surface area (Å²) in [5.74, 6) is 0.330. The van der Waals surface area contributed by atoms with Gasteiger partial charge in [0.2, 0.25) is 0 Å². The van der Waals surface area contributed by atoms with Gasteiger partial charge in [-0.3, -0.25) is 4.57 Å². The van der Waals surface area contributed by atoms with Crippen LogP contribution in [-0.2, 0) is 0 Å². The standard InChI is InChI=1S/C11H14N4O2/c16-11-13-10-9(2-1-7-14(10)17)15(11)8-3-5-12-6-4-8/h1-2,7-8,12,17H,3-6H2. The van der Waals surface area contributed by atoms with Crippen LogP contribution in [-0.4, -0.2) is 32.6 Å². The van der Waals surface area contributed by atoms with Gasteiger partial charge in [-0.25, -0.2) is 4.79 Å². The zero-order valence-corrected chi connectivity index (χ0v) is 9.33. The van der Waals surface area contributed by atoms with E-state index in [1.165, 1.54) is 6.20 Å². The number of hydrogen-bond acceptors (Lipinski definition) is 4. The Kier molecular flexibility index (Phi) is 2.36. The third-order valence-corrected chi connectivity index (χ3v) is 3.27. The topological polar surface area (TPSA) is 72.1 Å². The van der Waals surface area contributed by atoms with Crippen molar-refractivity contribution in [2.45, 2.75) is 18.9 Å². The van der Waals surface area contributed by atoms with Gasteiger partial charge in [-0.15, -0.1) is 0 Å². The van der Waals surface area contributed by atoms with Crippen LogP contribution >= 0.6 is 0 Å². The van der Waals surface area contributed by atoms with Gasteiger partial charge in [0.05, 0.1) is 5.69 Å². The zero-order chi connectivity index (χ0) is 11.8. The Morgan fingerprint density at radius 2 is 2.18 bits per heavy atom. The first-order valence-electron chi connectivity index (χ1n) is 5.77. The molecule has 0 spiro atoms. The normalized spacial score (nSPS) is 17.6. The van der Waals surface area contributed by atoms with Gasteiger partial charge in [-0.2, -0.15) is 9.71 Å². The average Bonchev–Trinajstić information content (AvgIpc) is 2.68. The van der Waals surface area contributed by atoms with Gasteiger partial charge < -0.3 is 10.5 Å².